The maximum Gasteiger partial charge on any atom is 0.241 e. The fraction of sp³-hybridized carbons (Fsp3) is 0.185. The third-order valence-corrected chi connectivity index (χ3v) is 7.54. The van der Waals surface area contributed by atoms with Crippen molar-refractivity contribution < 1.29 is 23.9 Å². The molecule has 1 aliphatic carbocycles. The van der Waals surface area contributed by atoms with Crippen LogP contribution in [0.2, 0.25) is 5.02 Å². The number of ketones is 2. The highest BCUT2D eigenvalue weighted by Crippen LogP contribution is 2.57. The summed E-state index contributed by atoms with van der Waals surface area (Å²) in [5.41, 5.74) is -0.145. The van der Waals surface area contributed by atoms with Crippen LogP contribution in [0.3, 0.4) is 0 Å². The number of hydrogen-bond acceptors (Lipinski definition) is 5. The summed E-state index contributed by atoms with van der Waals surface area (Å²) in [5.74, 6) is -4.61. The van der Waals surface area contributed by atoms with Crippen LogP contribution in [0.5, 0.6) is 0 Å². The summed E-state index contributed by atoms with van der Waals surface area (Å²) in [6, 6.07) is 20.3. The van der Waals surface area contributed by atoms with Crippen LogP contribution >= 0.6 is 11.6 Å². The Hall–Kier alpha value is -3.61. The molecule has 1 spiro atoms. The smallest absolute Gasteiger partial charge is 0.241 e. The molecule has 168 valence electrons. The van der Waals surface area contributed by atoms with Crippen molar-refractivity contribution in [2.45, 2.75) is 18.6 Å². The highest BCUT2D eigenvalue weighted by atomic mass is 35.5. The van der Waals surface area contributed by atoms with Crippen molar-refractivity contribution >= 4 is 40.7 Å². The van der Waals surface area contributed by atoms with E-state index in [4.69, 9.17) is 16.3 Å². The van der Waals surface area contributed by atoms with Gasteiger partial charge in [-0.1, -0.05) is 72.3 Å². The molecule has 34 heavy (non-hydrogen) atoms. The second-order valence-corrected chi connectivity index (χ2v) is 9.20. The summed E-state index contributed by atoms with van der Waals surface area (Å²) in [4.78, 5) is 56.3. The molecule has 6 rings (SSSR count). The Kier molecular flexibility index (Phi) is 4.43. The van der Waals surface area contributed by atoms with E-state index in [-0.39, 0.29) is 11.1 Å². The molecule has 0 aromatic heterocycles. The standard InChI is InChI=1S/C27H18ClNO5/c1-14-18(28)12-7-13-19(14)29-25(32)20-21(26(29)33)27(34-22(20)15-8-3-2-4-9-15)23(30)16-10-5-6-11-17(16)24(27)31/h2-13,20-22H,1H3/t20-,21+,22+/m1/s1. The molecule has 0 radical (unpaired) electrons. The first-order chi connectivity index (χ1) is 16.4. The maximum atomic E-state index is 13.9. The predicted molar refractivity (Wildman–Crippen MR) is 124 cm³/mol. The number of carbonyl (C=O) groups is 4. The summed E-state index contributed by atoms with van der Waals surface area (Å²) in [5, 5.41) is 0.404. The molecule has 2 aliphatic heterocycles. The summed E-state index contributed by atoms with van der Waals surface area (Å²) in [7, 11) is 0. The molecular weight excluding hydrogens is 454 g/mol. The van der Waals surface area contributed by atoms with E-state index >= 15 is 0 Å². The van der Waals surface area contributed by atoms with E-state index in [0.717, 1.165) is 4.90 Å². The molecule has 2 heterocycles. The monoisotopic (exact) mass is 471 g/mol. The lowest BCUT2D eigenvalue weighted by Crippen LogP contribution is -2.51. The topological polar surface area (TPSA) is 80.8 Å². The molecule has 3 aromatic rings. The molecule has 3 aromatic carbocycles. The quantitative estimate of drug-likeness (QED) is 0.410. The minimum absolute atomic E-state index is 0.206. The van der Waals surface area contributed by atoms with Gasteiger partial charge in [0.25, 0.3) is 0 Å². The molecule has 2 saturated heterocycles. The first kappa shape index (κ1) is 21.0. The highest BCUT2D eigenvalue weighted by molar-refractivity contribution is 6.37. The maximum absolute atomic E-state index is 13.9. The number of halogens is 1. The summed E-state index contributed by atoms with van der Waals surface area (Å²) >= 11 is 6.28. The van der Waals surface area contributed by atoms with Gasteiger partial charge in [0.15, 0.2) is 0 Å². The Labute approximate surface area is 200 Å². The first-order valence-corrected chi connectivity index (χ1v) is 11.3. The van der Waals surface area contributed by atoms with Crippen molar-refractivity contribution in [2.75, 3.05) is 4.90 Å². The Morgan fingerprint density at radius 3 is 2.06 bits per heavy atom. The van der Waals surface area contributed by atoms with Gasteiger partial charge >= 0.3 is 0 Å². The number of amides is 2. The van der Waals surface area contributed by atoms with Gasteiger partial charge in [-0.2, -0.15) is 0 Å². The van der Waals surface area contributed by atoms with Crippen LogP contribution in [0.25, 0.3) is 0 Å². The number of hydrogen-bond donors (Lipinski definition) is 0. The van der Waals surface area contributed by atoms with Crippen LogP contribution in [0, 0.1) is 18.8 Å². The second-order valence-electron chi connectivity index (χ2n) is 8.79. The number of rotatable bonds is 2. The Balaban J connectivity index is 1.57. The highest BCUT2D eigenvalue weighted by Gasteiger charge is 2.74. The number of anilines is 1. The lowest BCUT2D eigenvalue weighted by molar-refractivity contribution is -0.127. The number of carbonyl (C=O) groups excluding carboxylic acids is 4. The number of nitrogens with zero attached hydrogens (tertiary/aromatic N) is 1. The van der Waals surface area contributed by atoms with E-state index in [1.54, 1.807) is 73.7 Å². The van der Waals surface area contributed by atoms with E-state index in [9.17, 15) is 19.2 Å². The summed E-state index contributed by atoms with van der Waals surface area (Å²) < 4.78 is 6.26. The SMILES string of the molecule is Cc1c(Cl)cccc1N1C(=O)[C@@H]2[C@@H](C1=O)C1(O[C@H]2c2ccccc2)C(=O)c2ccccc2C1=O. The van der Waals surface area contributed by atoms with Crippen molar-refractivity contribution in [3.05, 3.63) is 100 Å². The molecule has 0 N–H and O–H groups in total. The minimum atomic E-state index is -2.08. The lowest BCUT2D eigenvalue weighted by Gasteiger charge is -2.27. The van der Waals surface area contributed by atoms with Crippen molar-refractivity contribution in [2.24, 2.45) is 11.8 Å². The van der Waals surface area contributed by atoms with Gasteiger partial charge in [0.05, 0.1) is 23.6 Å². The van der Waals surface area contributed by atoms with Gasteiger partial charge in [-0.05, 0) is 30.2 Å². The number of ether oxygens (including phenoxy) is 1. The molecule has 0 bridgehead atoms. The Morgan fingerprint density at radius 1 is 0.794 bits per heavy atom. The lowest BCUT2D eigenvalue weighted by atomic mass is 9.77. The van der Waals surface area contributed by atoms with Gasteiger partial charge < -0.3 is 4.74 Å². The van der Waals surface area contributed by atoms with Gasteiger partial charge in [0.2, 0.25) is 29.0 Å². The van der Waals surface area contributed by atoms with E-state index in [1.807, 2.05) is 6.07 Å². The Morgan fingerprint density at radius 2 is 1.41 bits per heavy atom. The van der Waals surface area contributed by atoms with Crippen molar-refractivity contribution in [3.63, 3.8) is 0 Å². The van der Waals surface area contributed by atoms with Gasteiger partial charge in [-0.3, -0.25) is 19.2 Å². The van der Waals surface area contributed by atoms with Gasteiger partial charge in [0.1, 0.15) is 0 Å². The van der Waals surface area contributed by atoms with Gasteiger partial charge in [-0.25, -0.2) is 4.90 Å². The van der Waals surface area contributed by atoms with Gasteiger partial charge in [-0.15, -0.1) is 0 Å². The average molecular weight is 472 g/mol. The number of fused-ring (bicyclic) bond motifs is 3. The minimum Gasteiger partial charge on any atom is -0.349 e. The van der Waals surface area contributed by atoms with Crippen molar-refractivity contribution in [1.82, 2.24) is 0 Å². The molecule has 2 amide bonds. The molecule has 3 aliphatic rings. The summed E-state index contributed by atoms with van der Waals surface area (Å²) in [6.07, 6.45) is -0.936. The predicted octanol–water partition coefficient (Wildman–Crippen LogP) is 4.34. The molecule has 6 nitrogen and oxygen atoms in total. The molecule has 3 atom stereocenters. The molecule has 0 saturated carbocycles. The van der Waals surface area contributed by atoms with E-state index in [2.05, 4.69) is 0 Å². The molecular formula is C27H18ClNO5. The van der Waals surface area contributed by atoms with E-state index in [0.29, 0.717) is 21.8 Å². The fourth-order valence-electron chi connectivity index (χ4n) is 5.54. The van der Waals surface area contributed by atoms with Crippen LogP contribution in [-0.4, -0.2) is 29.0 Å². The zero-order valence-electron chi connectivity index (χ0n) is 18.0. The second kappa shape index (κ2) is 7.19. The number of Topliss-reactive ketones (excluding diaryl/α,β-unsaturated/α-hetero) is 2. The molecule has 0 unspecified atom stereocenters. The number of benzene rings is 3. The average Bonchev–Trinajstić information content (AvgIpc) is 3.42. The zero-order valence-corrected chi connectivity index (χ0v) is 18.8. The Bertz CT molecular complexity index is 1380. The third kappa shape index (κ3) is 2.50. The third-order valence-electron chi connectivity index (χ3n) is 7.13. The van der Waals surface area contributed by atoms with E-state index < -0.39 is 46.9 Å². The first-order valence-electron chi connectivity index (χ1n) is 10.9. The van der Waals surface area contributed by atoms with Crippen molar-refractivity contribution in [3.8, 4) is 0 Å². The van der Waals surface area contributed by atoms with Gasteiger partial charge in [0, 0.05) is 16.1 Å². The molecule has 2 fully saturated rings. The van der Waals surface area contributed by atoms with Crippen molar-refractivity contribution in [1.29, 1.82) is 0 Å². The van der Waals surface area contributed by atoms with Crippen LogP contribution < -0.4 is 4.90 Å². The molecule has 7 heteroatoms. The van der Waals surface area contributed by atoms with Crippen LogP contribution in [0.1, 0.15) is 37.9 Å². The largest absolute Gasteiger partial charge is 0.349 e. The number of imide groups is 1. The normalized spacial score (nSPS) is 24.8. The summed E-state index contributed by atoms with van der Waals surface area (Å²) in [6.45, 7) is 1.72. The van der Waals surface area contributed by atoms with Crippen LogP contribution in [0.15, 0.2) is 72.8 Å². The van der Waals surface area contributed by atoms with Crippen LogP contribution in [-0.2, 0) is 14.3 Å². The van der Waals surface area contributed by atoms with E-state index in [1.165, 1.54) is 0 Å². The fourth-order valence-corrected chi connectivity index (χ4v) is 5.71. The zero-order chi connectivity index (χ0) is 23.8. The van der Waals surface area contributed by atoms with Crippen LogP contribution in [0.4, 0.5) is 5.69 Å².